The standard InChI is InChI=1S/C25H26N2O8/c1-30-18-8-12(22(32-3)20-14(18)10-16(26-20)24(28)34-5)7-13-9-19(31-2)15-11-17(25(29)35-6)27-21(15)23(13)33-4/h8-11,26-27H,7H2,1-6H3. The number of aromatic nitrogens is 2. The molecule has 10 nitrogen and oxygen atoms in total. The monoisotopic (exact) mass is 482 g/mol. The van der Waals surface area contributed by atoms with E-state index in [0.29, 0.717) is 51.2 Å². The number of benzene rings is 2. The fraction of sp³-hybridized carbons (Fsp3) is 0.280. The first-order valence-corrected chi connectivity index (χ1v) is 10.6. The van der Waals surface area contributed by atoms with Crippen molar-refractivity contribution in [1.29, 1.82) is 0 Å². The zero-order valence-electron chi connectivity index (χ0n) is 20.3. The predicted octanol–water partition coefficient (Wildman–Crippen LogP) is 3.85. The van der Waals surface area contributed by atoms with E-state index >= 15 is 0 Å². The minimum atomic E-state index is -0.503. The molecule has 0 aliphatic heterocycles. The van der Waals surface area contributed by atoms with Crippen molar-refractivity contribution >= 4 is 33.7 Å². The number of ether oxygens (including phenoxy) is 6. The molecule has 0 bridgehead atoms. The van der Waals surface area contributed by atoms with Crippen LogP contribution in [0.15, 0.2) is 24.3 Å². The molecule has 2 aromatic heterocycles. The number of fused-ring (bicyclic) bond motifs is 2. The Balaban J connectivity index is 1.92. The molecule has 2 N–H and O–H groups in total. The summed E-state index contributed by atoms with van der Waals surface area (Å²) in [5, 5.41) is 1.36. The quantitative estimate of drug-likeness (QED) is 0.363. The van der Waals surface area contributed by atoms with Crippen molar-refractivity contribution in [1.82, 2.24) is 9.97 Å². The maximum atomic E-state index is 12.1. The molecule has 0 spiro atoms. The van der Waals surface area contributed by atoms with Crippen LogP contribution in [0.25, 0.3) is 21.8 Å². The van der Waals surface area contributed by atoms with Crippen LogP contribution in [0.3, 0.4) is 0 Å². The van der Waals surface area contributed by atoms with Crippen LogP contribution in [0.5, 0.6) is 23.0 Å². The number of methoxy groups -OCH3 is 6. The van der Waals surface area contributed by atoms with Gasteiger partial charge in [-0.05, 0) is 24.3 Å². The third-order valence-corrected chi connectivity index (χ3v) is 5.85. The summed E-state index contributed by atoms with van der Waals surface area (Å²) in [6.07, 6.45) is 0.365. The molecule has 0 aliphatic carbocycles. The van der Waals surface area contributed by atoms with Crippen LogP contribution in [0, 0.1) is 0 Å². The highest BCUT2D eigenvalue weighted by Crippen LogP contribution is 2.42. The summed E-state index contributed by atoms with van der Waals surface area (Å²) in [5.74, 6) is 1.19. The van der Waals surface area contributed by atoms with Gasteiger partial charge in [-0.3, -0.25) is 0 Å². The highest BCUT2D eigenvalue weighted by molar-refractivity contribution is 6.01. The van der Waals surface area contributed by atoms with E-state index in [1.165, 1.54) is 14.2 Å². The Morgan fingerprint density at radius 3 is 1.34 bits per heavy atom. The molecule has 0 aliphatic rings. The average Bonchev–Trinajstić information content (AvgIpc) is 3.52. The Hall–Kier alpha value is -4.34. The summed E-state index contributed by atoms with van der Waals surface area (Å²) in [6.45, 7) is 0. The van der Waals surface area contributed by atoms with E-state index in [9.17, 15) is 9.59 Å². The van der Waals surface area contributed by atoms with Crippen LogP contribution in [0.4, 0.5) is 0 Å². The lowest BCUT2D eigenvalue weighted by Crippen LogP contribution is -2.02. The zero-order valence-corrected chi connectivity index (χ0v) is 20.3. The van der Waals surface area contributed by atoms with Crippen LogP contribution in [-0.4, -0.2) is 64.6 Å². The van der Waals surface area contributed by atoms with Gasteiger partial charge < -0.3 is 38.4 Å². The smallest absolute Gasteiger partial charge is 0.354 e. The van der Waals surface area contributed by atoms with Crippen molar-refractivity contribution in [3.63, 3.8) is 0 Å². The van der Waals surface area contributed by atoms with Crippen molar-refractivity contribution < 1.29 is 38.0 Å². The summed E-state index contributed by atoms with van der Waals surface area (Å²) in [4.78, 5) is 30.4. The minimum Gasteiger partial charge on any atom is -0.496 e. The maximum Gasteiger partial charge on any atom is 0.354 e. The van der Waals surface area contributed by atoms with Crippen LogP contribution in [-0.2, 0) is 15.9 Å². The molecule has 184 valence electrons. The highest BCUT2D eigenvalue weighted by atomic mass is 16.5. The molecule has 4 rings (SSSR count). The van der Waals surface area contributed by atoms with Gasteiger partial charge in [0.2, 0.25) is 0 Å². The summed E-state index contributed by atoms with van der Waals surface area (Å²) in [5.41, 5.74) is 3.30. The van der Waals surface area contributed by atoms with E-state index in [-0.39, 0.29) is 11.4 Å². The van der Waals surface area contributed by atoms with Crippen molar-refractivity contribution in [2.45, 2.75) is 6.42 Å². The lowest BCUT2D eigenvalue weighted by molar-refractivity contribution is 0.0586. The van der Waals surface area contributed by atoms with E-state index in [2.05, 4.69) is 9.97 Å². The Kier molecular flexibility index (Phi) is 6.46. The van der Waals surface area contributed by atoms with E-state index in [4.69, 9.17) is 28.4 Å². The molecule has 0 fully saturated rings. The molecule has 0 atom stereocenters. The molecular formula is C25H26N2O8. The fourth-order valence-electron chi connectivity index (χ4n) is 4.29. The topological polar surface area (TPSA) is 121 Å². The number of hydrogen-bond acceptors (Lipinski definition) is 8. The summed E-state index contributed by atoms with van der Waals surface area (Å²) < 4.78 is 32.4. The van der Waals surface area contributed by atoms with Gasteiger partial charge in [0.25, 0.3) is 0 Å². The molecule has 0 saturated heterocycles. The second kappa shape index (κ2) is 9.49. The molecule has 35 heavy (non-hydrogen) atoms. The third-order valence-electron chi connectivity index (χ3n) is 5.85. The molecule has 2 heterocycles. The molecule has 0 unspecified atom stereocenters. The number of aromatic amines is 2. The largest absolute Gasteiger partial charge is 0.496 e. The van der Waals surface area contributed by atoms with Crippen molar-refractivity contribution in [3.8, 4) is 23.0 Å². The van der Waals surface area contributed by atoms with Gasteiger partial charge >= 0.3 is 11.9 Å². The van der Waals surface area contributed by atoms with E-state index in [1.54, 1.807) is 40.6 Å². The van der Waals surface area contributed by atoms with Crippen LogP contribution in [0.2, 0.25) is 0 Å². The van der Waals surface area contributed by atoms with Gasteiger partial charge in [-0.1, -0.05) is 0 Å². The summed E-state index contributed by atoms with van der Waals surface area (Å²) in [6, 6.07) is 7.02. The molecule has 4 aromatic rings. The second-order valence-corrected chi connectivity index (χ2v) is 7.65. The van der Waals surface area contributed by atoms with E-state index < -0.39 is 11.9 Å². The van der Waals surface area contributed by atoms with Gasteiger partial charge in [-0.15, -0.1) is 0 Å². The first kappa shape index (κ1) is 23.8. The van der Waals surface area contributed by atoms with Crippen molar-refractivity contribution in [3.05, 3.63) is 46.8 Å². The molecule has 0 saturated carbocycles. The Morgan fingerprint density at radius 2 is 1.03 bits per heavy atom. The first-order chi connectivity index (χ1) is 16.9. The first-order valence-electron chi connectivity index (χ1n) is 10.6. The second-order valence-electron chi connectivity index (χ2n) is 7.65. The summed E-state index contributed by atoms with van der Waals surface area (Å²) in [7, 11) is 8.85. The van der Waals surface area contributed by atoms with Crippen molar-refractivity contribution in [2.24, 2.45) is 0 Å². The van der Waals surface area contributed by atoms with Crippen molar-refractivity contribution in [2.75, 3.05) is 42.7 Å². The molecule has 2 aromatic carbocycles. The van der Waals surface area contributed by atoms with Gasteiger partial charge in [-0.2, -0.15) is 0 Å². The lowest BCUT2D eigenvalue weighted by atomic mass is 9.99. The van der Waals surface area contributed by atoms with E-state index in [0.717, 1.165) is 11.1 Å². The Labute approximate surface area is 201 Å². The fourth-order valence-corrected chi connectivity index (χ4v) is 4.29. The molecular weight excluding hydrogens is 456 g/mol. The number of esters is 2. The van der Waals surface area contributed by atoms with E-state index in [1.807, 2.05) is 12.1 Å². The zero-order chi connectivity index (χ0) is 25.3. The number of H-pyrrole nitrogens is 2. The third kappa shape index (κ3) is 3.96. The van der Waals surface area contributed by atoms with Crippen LogP contribution < -0.4 is 18.9 Å². The Morgan fingerprint density at radius 1 is 0.629 bits per heavy atom. The number of carbonyl (C=O) groups excluding carboxylic acids is 2. The van der Waals surface area contributed by atoms with Gasteiger partial charge in [0, 0.05) is 28.3 Å². The number of nitrogens with one attached hydrogen (secondary N) is 2. The summed E-state index contributed by atoms with van der Waals surface area (Å²) >= 11 is 0. The predicted molar refractivity (Wildman–Crippen MR) is 128 cm³/mol. The number of carbonyl (C=O) groups is 2. The number of hydrogen-bond donors (Lipinski definition) is 2. The molecule has 10 heteroatoms. The minimum absolute atomic E-state index is 0.277. The van der Waals surface area contributed by atoms with Gasteiger partial charge in [-0.25, -0.2) is 9.59 Å². The number of rotatable bonds is 8. The van der Waals surface area contributed by atoms with Gasteiger partial charge in [0.15, 0.2) is 0 Å². The van der Waals surface area contributed by atoms with Gasteiger partial charge in [0.05, 0.1) is 53.7 Å². The van der Waals surface area contributed by atoms with Crippen LogP contribution >= 0.6 is 0 Å². The normalized spacial score (nSPS) is 10.9. The average molecular weight is 482 g/mol. The highest BCUT2D eigenvalue weighted by Gasteiger charge is 2.23. The van der Waals surface area contributed by atoms with Crippen LogP contribution in [0.1, 0.15) is 32.1 Å². The molecule has 0 radical (unpaired) electrons. The lowest BCUT2D eigenvalue weighted by Gasteiger charge is -2.16. The maximum absolute atomic E-state index is 12.1. The van der Waals surface area contributed by atoms with Gasteiger partial charge in [0.1, 0.15) is 34.4 Å². The molecule has 0 amide bonds. The SMILES string of the molecule is COC(=O)c1cc2c(OC)cc(Cc3cc(OC)c4cc(C(=O)OC)[nH]c4c3OC)c(OC)c2[nH]1. The Bertz CT molecular complexity index is 1330.